The summed E-state index contributed by atoms with van der Waals surface area (Å²) < 4.78 is 59.6. The van der Waals surface area contributed by atoms with Crippen molar-refractivity contribution in [3.8, 4) is 5.75 Å². The minimum Gasteiger partial charge on any atom is -0.496 e. The number of allylic oxidation sites excluding steroid dienone is 1. The molecule has 0 amide bonds. The van der Waals surface area contributed by atoms with Gasteiger partial charge in [-0.15, -0.1) is 0 Å². The smallest absolute Gasteiger partial charge is 0.434 e. The van der Waals surface area contributed by atoms with Crippen molar-refractivity contribution in [2.24, 2.45) is 4.99 Å². The number of rotatable bonds is 7. The van der Waals surface area contributed by atoms with Gasteiger partial charge in [-0.2, -0.15) is 13.2 Å². The molecule has 248 valence electrons. The number of nitrogens with zero attached hydrogens (tertiary/aromatic N) is 3. The number of aromatic nitrogens is 2. The van der Waals surface area contributed by atoms with Gasteiger partial charge in [0, 0.05) is 39.2 Å². The summed E-state index contributed by atoms with van der Waals surface area (Å²) in [5, 5.41) is 2.07. The SMILES string of the molecule is CCOC(=O)C1=C(C(F)(F)F)N=c2s/c(=C/c3cn(Cc4ccc(Br)cc4)c4ccccc34)c(=O)n2[C@H]1c1c(OC)ccc2ccccc12. The molecular formula is C37H27BrF3N3O4S. The average molecular weight is 747 g/mol. The number of fused-ring (bicyclic) bond motifs is 3. The number of methoxy groups -OCH3 is 1. The molecule has 0 N–H and O–H groups in total. The molecule has 0 fully saturated rings. The van der Waals surface area contributed by atoms with Crippen molar-refractivity contribution in [2.45, 2.75) is 25.7 Å². The maximum Gasteiger partial charge on any atom is 0.434 e. The maximum absolute atomic E-state index is 14.8. The van der Waals surface area contributed by atoms with E-state index in [1.807, 2.05) is 54.7 Å². The summed E-state index contributed by atoms with van der Waals surface area (Å²) in [5.41, 5.74) is 0.115. The molecule has 2 aromatic heterocycles. The molecule has 49 heavy (non-hydrogen) atoms. The van der Waals surface area contributed by atoms with Crippen LogP contribution in [0, 0.1) is 0 Å². The zero-order valence-electron chi connectivity index (χ0n) is 26.1. The van der Waals surface area contributed by atoms with Gasteiger partial charge in [0.25, 0.3) is 5.56 Å². The summed E-state index contributed by atoms with van der Waals surface area (Å²) in [6.07, 6.45) is -1.45. The van der Waals surface area contributed by atoms with Crippen LogP contribution >= 0.6 is 27.3 Å². The Morgan fingerprint density at radius 1 is 1.00 bits per heavy atom. The zero-order chi connectivity index (χ0) is 34.4. The number of hydrogen-bond donors (Lipinski definition) is 0. The second-order valence-electron chi connectivity index (χ2n) is 11.3. The van der Waals surface area contributed by atoms with E-state index in [4.69, 9.17) is 9.47 Å². The molecule has 1 atom stereocenters. The summed E-state index contributed by atoms with van der Waals surface area (Å²) in [5.74, 6) is -1.01. The normalized spacial score (nSPS) is 15.1. The Morgan fingerprint density at radius 2 is 1.71 bits per heavy atom. The lowest BCUT2D eigenvalue weighted by molar-refractivity contribution is -0.140. The second kappa shape index (κ2) is 12.8. The van der Waals surface area contributed by atoms with Crippen LogP contribution in [0.3, 0.4) is 0 Å². The fourth-order valence-electron chi connectivity index (χ4n) is 6.30. The molecule has 0 aliphatic carbocycles. The lowest BCUT2D eigenvalue weighted by Gasteiger charge is -2.28. The van der Waals surface area contributed by atoms with E-state index < -0.39 is 35.0 Å². The van der Waals surface area contributed by atoms with Crippen LogP contribution in [0.2, 0.25) is 0 Å². The van der Waals surface area contributed by atoms with Crippen molar-refractivity contribution in [2.75, 3.05) is 13.7 Å². The molecule has 0 saturated heterocycles. The van der Waals surface area contributed by atoms with Gasteiger partial charge in [-0.25, -0.2) is 9.79 Å². The molecule has 6 aromatic rings. The molecule has 4 aromatic carbocycles. The standard InChI is InChI=1S/C37H27BrF3N3O4S/c1-3-48-35(46)31-32(30-26-10-5-4-8-22(26)14-17-28(30)47-2)44-34(45)29(49-36(44)42-33(31)37(39,40)41)18-23-20-43(27-11-7-6-9-25(23)27)19-21-12-15-24(38)16-13-21/h4-18,20,32H,3,19H2,1-2H3/b29-18+/t32-/m0/s1. The number of alkyl halides is 3. The first kappa shape index (κ1) is 32.6. The number of carbonyl (C=O) groups excluding carboxylic acids is 1. The summed E-state index contributed by atoms with van der Waals surface area (Å²) in [6.45, 7) is 1.88. The highest BCUT2D eigenvalue weighted by Gasteiger charge is 2.46. The Hall–Kier alpha value is -4.94. The summed E-state index contributed by atoms with van der Waals surface area (Å²) >= 11 is 4.30. The third kappa shape index (κ3) is 5.89. The van der Waals surface area contributed by atoms with Gasteiger partial charge in [0.15, 0.2) is 10.5 Å². The lowest BCUT2D eigenvalue weighted by Crippen LogP contribution is -2.41. The molecule has 12 heteroatoms. The van der Waals surface area contributed by atoms with E-state index in [9.17, 15) is 22.8 Å². The van der Waals surface area contributed by atoms with Crippen molar-refractivity contribution in [3.63, 3.8) is 0 Å². The molecule has 1 aliphatic heterocycles. The van der Waals surface area contributed by atoms with Gasteiger partial charge in [0.2, 0.25) is 0 Å². The van der Waals surface area contributed by atoms with Crippen LogP contribution in [0.15, 0.2) is 117 Å². The van der Waals surface area contributed by atoms with Crippen LogP contribution in [0.5, 0.6) is 5.75 Å². The molecule has 0 radical (unpaired) electrons. The van der Waals surface area contributed by atoms with E-state index >= 15 is 0 Å². The van der Waals surface area contributed by atoms with Crippen LogP contribution in [0.4, 0.5) is 13.2 Å². The topological polar surface area (TPSA) is 74.8 Å². The molecule has 0 spiro atoms. The second-order valence-corrected chi connectivity index (χ2v) is 13.2. The lowest BCUT2D eigenvalue weighted by atomic mass is 9.90. The van der Waals surface area contributed by atoms with E-state index in [1.165, 1.54) is 14.0 Å². The van der Waals surface area contributed by atoms with E-state index in [2.05, 4.69) is 25.5 Å². The monoisotopic (exact) mass is 745 g/mol. The highest BCUT2D eigenvalue weighted by molar-refractivity contribution is 9.10. The first-order valence-electron chi connectivity index (χ1n) is 15.3. The quantitative estimate of drug-likeness (QED) is 0.161. The van der Waals surface area contributed by atoms with Crippen molar-refractivity contribution >= 4 is 61.0 Å². The van der Waals surface area contributed by atoms with Crippen LogP contribution < -0.4 is 19.6 Å². The molecule has 1 aliphatic rings. The predicted octanol–water partition coefficient (Wildman–Crippen LogP) is 7.27. The molecule has 0 saturated carbocycles. The van der Waals surface area contributed by atoms with Gasteiger partial charge < -0.3 is 14.0 Å². The van der Waals surface area contributed by atoms with Crippen molar-refractivity contribution in [1.82, 2.24) is 9.13 Å². The number of carbonyl (C=O) groups is 1. The molecule has 7 rings (SSSR count). The van der Waals surface area contributed by atoms with Gasteiger partial charge in [0.05, 0.1) is 23.8 Å². The maximum atomic E-state index is 14.8. The largest absolute Gasteiger partial charge is 0.496 e. The van der Waals surface area contributed by atoms with Gasteiger partial charge in [-0.1, -0.05) is 87.9 Å². The Labute approximate surface area is 290 Å². The van der Waals surface area contributed by atoms with Crippen LogP contribution in [-0.4, -0.2) is 35.0 Å². The van der Waals surface area contributed by atoms with Crippen molar-refractivity contribution in [1.29, 1.82) is 0 Å². The summed E-state index contributed by atoms with van der Waals surface area (Å²) in [7, 11) is 1.39. The van der Waals surface area contributed by atoms with E-state index in [1.54, 1.807) is 42.5 Å². The number of hydrogen-bond acceptors (Lipinski definition) is 6. The fraction of sp³-hybridized carbons (Fsp3) is 0.162. The highest BCUT2D eigenvalue weighted by atomic mass is 79.9. The Bertz CT molecular complexity index is 2480. The number of ether oxygens (including phenoxy) is 2. The first-order chi connectivity index (χ1) is 23.6. The summed E-state index contributed by atoms with van der Waals surface area (Å²) in [6, 6.07) is 24.5. The van der Waals surface area contributed by atoms with Crippen molar-refractivity contribution < 1.29 is 27.4 Å². The van der Waals surface area contributed by atoms with Gasteiger partial charge in [0.1, 0.15) is 11.8 Å². The fourth-order valence-corrected chi connectivity index (χ4v) is 7.55. The Balaban J connectivity index is 1.50. The predicted molar refractivity (Wildman–Crippen MR) is 186 cm³/mol. The van der Waals surface area contributed by atoms with Gasteiger partial charge in [-0.05, 0) is 53.6 Å². The minimum atomic E-state index is -5.03. The number of thiazole rings is 1. The third-order valence-electron chi connectivity index (χ3n) is 8.39. The Morgan fingerprint density at radius 3 is 2.43 bits per heavy atom. The Kier molecular flexibility index (Phi) is 8.53. The van der Waals surface area contributed by atoms with E-state index in [0.717, 1.165) is 36.8 Å². The molecule has 0 bridgehead atoms. The van der Waals surface area contributed by atoms with Gasteiger partial charge >= 0.3 is 12.1 Å². The average Bonchev–Trinajstić information content (AvgIpc) is 3.60. The number of esters is 1. The zero-order valence-corrected chi connectivity index (χ0v) is 28.5. The highest BCUT2D eigenvalue weighted by Crippen LogP contribution is 2.43. The van der Waals surface area contributed by atoms with Crippen LogP contribution in [-0.2, 0) is 16.1 Å². The number of benzene rings is 4. The van der Waals surface area contributed by atoms with E-state index in [0.29, 0.717) is 22.9 Å². The van der Waals surface area contributed by atoms with Crippen molar-refractivity contribution in [3.05, 3.63) is 143 Å². The van der Waals surface area contributed by atoms with E-state index in [-0.39, 0.29) is 27.3 Å². The minimum absolute atomic E-state index is 0.154. The first-order valence-corrected chi connectivity index (χ1v) is 16.9. The molecule has 3 heterocycles. The summed E-state index contributed by atoms with van der Waals surface area (Å²) in [4.78, 5) is 31.7. The van der Waals surface area contributed by atoms with Crippen LogP contribution in [0.1, 0.15) is 29.7 Å². The number of halogens is 4. The molecular weight excluding hydrogens is 719 g/mol. The van der Waals surface area contributed by atoms with Gasteiger partial charge in [-0.3, -0.25) is 9.36 Å². The molecule has 0 unspecified atom stereocenters. The van der Waals surface area contributed by atoms with Crippen LogP contribution in [0.25, 0.3) is 27.8 Å². The molecule has 7 nitrogen and oxygen atoms in total. The third-order valence-corrected chi connectivity index (χ3v) is 9.90. The number of para-hydroxylation sites is 1.